The molecule has 1 aliphatic heterocycles. The summed E-state index contributed by atoms with van der Waals surface area (Å²) in [6.45, 7) is 0.236. The number of aromatic nitrogens is 2. The van der Waals surface area contributed by atoms with Gasteiger partial charge in [-0.25, -0.2) is 9.59 Å². The van der Waals surface area contributed by atoms with Gasteiger partial charge in [-0.3, -0.25) is 19.1 Å². The molecule has 0 spiro atoms. The summed E-state index contributed by atoms with van der Waals surface area (Å²) in [6.07, 6.45) is 3.47. The number of aromatic amines is 1. The summed E-state index contributed by atoms with van der Waals surface area (Å²) >= 11 is 0. The number of carbonyl (C=O) groups is 2. The number of H-pyrrole nitrogens is 1. The molecular weight excluding hydrogens is 278 g/mol. The molecule has 2 heterocycles. The van der Waals surface area contributed by atoms with Crippen LogP contribution < -0.4 is 11.2 Å². The second kappa shape index (κ2) is 6.38. The fraction of sp³-hybridized carbons (Fsp3) is 0.538. The number of nitrogens with zero attached hydrogens (tertiary/aromatic N) is 2. The number of carbonyl (C=O) groups excluding carboxylic acids is 2. The Kier molecular flexibility index (Phi) is 4.56. The maximum Gasteiger partial charge on any atom is 0.328 e. The Balaban J connectivity index is 2.15. The van der Waals surface area contributed by atoms with E-state index in [1.807, 2.05) is 0 Å². The van der Waals surface area contributed by atoms with Crippen molar-refractivity contribution in [3.05, 3.63) is 33.1 Å². The van der Waals surface area contributed by atoms with Gasteiger partial charge < -0.3 is 9.64 Å². The summed E-state index contributed by atoms with van der Waals surface area (Å²) in [6, 6.07) is 0.567. The summed E-state index contributed by atoms with van der Waals surface area (Å²) in [5.74, 6) is -0.795. The Hall–Kier alpha value is -2.38. The van der Waals surface area contributed by atoms with E-state index in [1.165, 1.54) is 24.3 Å². The zero-order valence-corrected chi connectivity index (χ0v) is 11.7. The molecule has 1 aromatic heterocycles. The predicted octanol–water partition coefficient (Wildman–Crippen LogP) is -0.909. The zero-order chi connectivity index (χ0) is 15.4. The number of methoxy groups -OCH3 is 1. The lowest BCUT2D eigenvalue weighted by molar-refractivity contribution is -0.154. The molecule has 1 unspecified atom stereocenters. The van der Waals surface area contributed by atoms with E-state index in [1.54, 1.807) is 0 Å². The highest BCUT2D eigenvalue weighted by atomic mass is 16.5. The van der Waals surface area contributed by atoms with Gasteiger partial charge in [-0.1, -0.05) is 0 Å². The first-order valence-electron chi connectivity index (χ1n) is 6.70. The van der Waals surface area contributed by atoms with Crippen molar-refractivity contribution in [3.8, 4) is 0 Å². The second-order valence-corrected chi connectivity index (χ2v) is 4.86. The van der Waals surface area contributed by atoms with E-state index >= 15 is 0 Å². The number of piperidine rings is 1. The molecule has 1 saturated heterocycles. The molecule has 21 heavy (non-hydrogen) atoms. The number of hydrogen-bond donors (Lipinski definition) is 1. The van der Waals surface area contributed by atoms with E-state index in [0.717, 1.165) is 17.4 Å². The van der Waals surface area contributed by atoms with E-state index < -0.39 is 23.3 Å². The fourth-order valence-electron chi connectivity index (χ4n) is 2.42. The van der Waals surface area contributed by atoms with Gasteiger partial charge in [-0.15, -0.1) is 0 Å². The minimum Gasteiger partial charge on any atom is -0.467 e. The van der Waals surface area contributed by atoms with Crippen molar-refractivity contribution >= 4 is 11.9 Å². The van der Waals surface area contributed by atoms with Crippen LogP contribution in [0.5, 0.6) is 0 Å². The number of ether oxygens (including phenoxy) is 1. The average Bonchev–Trinajstić information content (AvgIpc) is 2.49. The number of hydrogen-bond acceptors (Lipinski definition) is 5. The maximum atomic E-state index is 12.3. The van der Waals surface area contributed by atoms with Crippen LogP contribution in [0, 0.1) is 0 Å². The fourth-order valence-corrected chi connectivity index (χ4v) is 2.42. The molecule has 0 aliphatic carbocycles. The molecule has 0 bridgehead atoms. The second-order valence-electron chi connectivity index (χ2n) is 4.86. The topological polar surface area (TPSA) is 101 Å². The normalized spacial score (nSPS) is 18.3. The van der Waals surface area contributed by atoms with Crippen molar-refractivity contribution in [2.75, 3.05) is 13.7 Å². The third kappa shape index (κ3) is 3.39. The number of likely N-dealkylation sites (tertiary alicyclic amines) is 1. The number of rotatable bonds is 3. The van der Waals surface area contributed by atoms with E-state index in [0.29, 0.717) is 13.0 Å². The van der Waals surface area contributed by atoms with E-state index in [2.05, 4.69) is 4.98 Å². The van der Waals surface area contributed by atoms with Crippen LogP contribution in [0.15, 0.2) is 21.9 Å². The molecule has 8 nitrogen and oxygen atoms in total. The lowest BCUT2D eigenvalue weighted by Crippen LogP contribution is -2.50. The first-order valence-corrected chi connectivity index (χ1v) is 6.70. The Bertz CT molecular complexity index is 648. The molecule has 0 saturated carbocycles. The molecule has 0 radical (unpaired) electrons. The highest BCUT2D eigenvalue weighted by Gasteiger charge is 2.32. The van der Waals surface area contributed by atoms with E-state index in [-0.39, 0.29) is 12.5 Å². The molecule has 1 N–H and O–H groups in total. The first-order chi connectivity index (χ1) is 10.0. The van der Waals surface area contributed by atoms with Crippen LogP contribution in [0.25, 0.3) is 0 Å². The largest absolute Gasteiger partial charge is 0.467 e. The molecule has 8 heteroatoms. The first kappa shape index (κ1) is 15.0. The monoisotopic (exact) mass is 295 g/mol. The standard InChI is InChI=1S/C13H17N3O5/c1-21-12(19)9-4-2-3-6-16(9)11(18)8-15-7-5-10(17)14-13(15)20/h5,7,9H,2-4,6,8H2,1H3,(H,14,17,20). The van der Waals surface area contributed by atoms with E-state index in [4.69, 9.17) is 4.74 Å². The van der Waals surface area contributed by atoms with E-state index in [9.17, 15) is 19.2 Å². The van der Waals surface area contributed by atoms with Gasteiger partial charge in [0.05, 0.1) is 7.11 Å². The summed E-state index contributed by atoms with van der Waals surface area (Å²) in [5.41, 5.74) is -1.17. The molecule has 1 fully saturated rings. The van der Waals surface area contributed by atoms with Gasteiger partial charge in [0.2, 0.25) is 5.91 Å². The van der Waals surface area contributed by atoms with Gasteiger partial charge in [0.25, 0.3) is 5.56 Å². The molecule has 114 valence electrons. The average molecular weight is 295 g/mol. The van der Waals surface area contributed by atoms with Gasteiger partial charge in [0.1, 0.15) is 12.6 Å². The van der Waals surface area contributed by atoms with Gasteiger partial charge in [-0.2, -0.15) is 0 Å². The van der Waals surface area contributed by atoms with Crippen molar-refractivity contribution in [3.63, 3.8) is 0 Å². The van der Waals surface area contributed by atoms with Gasteiger partial charge >= 0.3 is 11.7 Å². The van der Waals surface area contributed by atoms with Crippen molar-refractivity contribution in [2.24, 2.45) is 0 Å². The Labute approximate surface area is 120 Å². The van der Waals surface area contributed by atoms with Gasteiger partial charge in [-0.05, 0) is 19.3 Å². The Morgan fingerprint density at radius 1 is 1.38 bits per heavy atom. The highest BCUT2D eigenvalue weighted by molar-refractivity contribution is 5.84. The SMILES string of the molecule is COC(=O)C1CCCCN1C(=O)Cn1ccc(=O)[nH]c1=O. The number of amides is 1. The van der Waals surface area contributed by atoms with Crippen LogP contribution in [0.2, 0.25) is 0 Å². The molecule has 1 aliphatic rings. The van der Waals surface area contributed by atoms with Crippen molar-refractivity contribution in [2.45, 2.75) is 31.8 Å². The lowest BCUT2D eigenvalue weighted by atomic mass is 10.0. The third-order valence-electron chi connectivity index (χ3n) is 3.50. The van der Waals surface area contributed by atoms with Crippen molar-refractivity contribution in [1.82, 2.24) is 14.5 Å². The van der Waals surface area contributed by atoms with Crippen LogP contribution in [0.1, 0.15) is 19.3 Å². The van der Waals surface area contributed by atoms with Gasteiger partial charge in [0, 0.05) is 18.8 Å². The van der Waals surface area contributed by atoms with Crippen molar-refractivity contribution in [1.29, 1.82) is 0 Å². The minimum atomic E-state index is -0.650. The smallest absolute Gasteiger partial charge is 0.328 e. The van der Waals surface area contributed by atoms with Crippen LogP contribution in [-0.2, 0) is 20.9 Å². The maximum absolute atomic E-state index is 12.3. The quantitative estimate of drug-likeness (QED) is 0.727. The minimum absolute atomic E-state index is 0.219. The molecule has 1 aromatic rings. The van der Waals surface area contributed by atoms with Crippen LogP contribution in [0.4, 0.5) is 0 Å². The zero-order valence-electron chi connectivity index (χ0n) is 11.7. The van der Waals surface area contributed by atoms with Crippen LogP contribution in [0.3, 0.4) is 0 Å². The molecular formula is C13H17N3O5. The highest BCUT2D eigenvalue weighted by Crippen LogP contribution is 2.18. The Morgan fingerprint density at radius 2 is 2.14 bits per heavy atom. The summed E-state index contributed by atoms with van der Waals surface area (Å²) in [5, 5.41) is 0. The van der Waals surface area contributed by atoms with Gasteiger partial charge in [0.15, 0.2) is 0 Å². The van der Waals surface area contributed by atoms with Crippen LogP contribution in [-0.4, -0.2) is 46.0 Å². The predicted molar refractivity (Wildman–Crippen MR) is 72.7 cm³/mol. The number of esters is 1. The molecule has 0 aromatic carbocycles. The summed E-state index contributed by atoms with van der Waals surface area (Å²) < 4.78 is 5.81. The summed E-state index contributed by atoms with van der Waals surface area (Å²) in [7, 11) is 1.28. The molecule has 2 rings (SSSR count). The van der Waals surface area contributed by atoms with Crippen LogP contribution >= 0.6 is 0 Å². The third-order valence-corrected chi connectivity index (χ3v) is 3.50. The van der Waals surface area contributed by atoms with Crippen molar-refractivity contribution < 1.29 is 14.3 Å². The lowest BCUT2D eigenvalue weighted by Gasteiger charge is -2.33. The molecule has 1 amide bonds. The molecule has 1 atom stereocenters. The number of nitrogens with one attached hydrogen (secondary N) is 1. The summed E-state index contributed by atoms with van der Waals surface area (Å²) in [4.78, 5) is 50.1. The Morgan fingerprint density at radius 3 is 2.81 bits per heavy atom.